The van der Waals surface area contributed by atoms with E-state index in [0.717, 1.165) is 0 Å². The molecule has 1 nitrogen and oxygen atoms in total. The van der Waals surface area contributed by atoms with E-state index < -0.39 is 0 Å². The molecular weight excluding hydrogens is 201 g/mol. The number of benzene rings is 1. The Morgan fingerprint density at radius 1 is 1.43 bits per heavy atom. The molecule has 3 heteroatoms. The van der Waals surface area contributed by atoms with Gasteiger partial charge >= 0.3 is 0 Å². The van der Waals surface area contributed by atoms with E-state index in [1.165, 1.54) is 6.07 Å². The lowest BCUT2D eigenvalue weighted by molar-refractivity contribution is 0.571. The van der Waals surface area contributed by atoms with Crippen LogP contribution < -0.4 is 5.73 Å². The van der Waals surface area contributed by atoms with Crippen LogP contribution in [-0.2, 0) is 0 Å². The average molecular weight is 214 g/mol. The number of rotatable bonds is 1. The van der Waals surface area contributed by atoms with E-state index in [9.17, 15) is 4.39 Å². The lowest BCUT2D eigenvalue weighted by Crippen LogP contribution is -2.06. The smallest absolute Gasteiger partial charge is 0.126 e. The summed E-state index contributed by atoms with van der Waals surface area (Å²) >= 11 is 5.82. The summed E-state index contributed by atoms with van der Waals surface area (Å²) in [5, 5.41) is 0.566. The van der Waals surface area contributed by atoms with Crippen LogP contribution in [0.15, 0.2) is 18.2 Å². The molecule has 0 aromatic heterocycles. The minimum Gasteiger partial charge on any atom is -0.327 e. The summed E-state index contributed by atoms with van der Waals surface area (Å²) in [6.07, 6.45) is 0. The summed E-state index contributed by atoms with van der Waals surface area (Å²) in [6.45, 7) is 4.09. The van der Waals surface area contributed by atoms with Crippen LogP contribution in [-0.4, -0.2) is 6.04 Å². The molecule has 0 radical (unpaired) electrons. The van der Waals surface area contributed by atoms with Gasteiger partial charge in [-0.15, -0.1) is 0 Å². The highest BCUT2D eigenvalue weighted by molar-refractivity contribution is 6.30. The number of nitrogens with two attached hydrogens (primary N) is 1. The SMILES string of the molecule is CC1(C)C(N)C1c1cc(Cl)ccc1F. The fourth-order valence-corrected chi connectivity index (χ4v) is 2.21. The second-order valence-corrected chi connectivity index (χ2v) is 4.93. The van der Waals surface area contributed by atoms with Gasteiger partial charge in [0.2, 0.25) is 0 Å². The summed E-state index contributed by atoms with van der Waals surface area (Å²) in [6, 6.07) is 4.67. The zero-order valence-corrected chi connectivity index (χ0v) is 8.98. The normalized spacial score (nSPS) is 28.9. The maximum atomic E-state index is 13.5. The van der Waals surface area contributed by atoms with Gasteiger partial charge in [0.05, 0.1) is 0 Å². The van der Waals surface area contributed by atoms with Crippen LogP contribution in [0.1, 0.15) is 25.3 Å². The van der Waals surface area contributed by atoms with Gasteiger partial charge in [-0.25, -0.2) is 4.39 Å². The van der Waals surface area contributed by atoms with E-state index in [-0.39, 0.29) is 23.2 Å². The van der Waals surface area contributed by atoms with Crippen molar-refractivity contribution in [3.63, 3.8) is 0 Å². The van der Waals surface area contributed by atoms with Gasteiger partial charge in [-0.1, -0.05) is 25.4 Å². The molecule has 2 unspecified atom stereocenters. The Hall–Kier alpha value is -0.600. The van der Waals surface area contributed by atoms with Crippen LogP contribution in [0.2, 0.25) is 5.02 Å². The summed E-state index contributed by atoms with van der Waals surface area (Å²) < 4.78 is 13.5. The van der Waals surface area contributed by atoms with E-state index in [2.05, 4.69) is 0 Å². The first kappa shape index (κ1) is 9.94. The number of hydrogen-bond donors (Lipinski definition) is 1. The van der Waals surface area contributed by atoms with Gasteiger partial charge in [0.25, 0.3) is 0 Å². The molecule has 1 saturated carbocycles. The molecule has 0 amide bonds. The maximum absolute atomic E-state index is 13.5. The molecule has 2 rings (SSSR count). The quantitative estimate of drug-likeness (QED) is 0.763. The third-order valence-corrected chi connectivity index (χ3v) is 3.44. The predicted molar refractivity (Wildman–Crippen MR) is 55.9 cm³/mol. The second kappa shape index (κ2) is 2.94. The van der Waals surface area contributed by atoms with E-state index in [1.807, 2.05) is 13.8 Å². The van der Waals surface area contributed by atoms with Crippen molar-refractivity contribution in [3.8, 4) is 0 Å². The first-order valence-electron chi connectivity index (χ1n) is 4.65. The minimum absolute atomic E-state index is 0.00841. The molecule has 1 aliphatic carbocycles. The van der Waals surface area contributed by atoms with Crippen LogP contribution in [0.5, 0.6) is 0 Å². The molecule has 76 valence electrons. The van der Waals surface area contributed by atoms with E-state index in [4.69, 9.17) is 17.3 Å². The largest absolute Gasteiger partial charge is 0.327 e. The molecule has 1 fully saturated rings. The molecule has 0 saturated heterocycles. The van der Waals surface area contributed by atoms with Gasteiger partial charge in [0.15, 0.2) is 0 Å². The standard InChI is InChI=1S/C11H13ClFN/c1-11(2)9(10(11)14)7-5-6(12)3-4-8(7)13/h3-5,9-10H,14H2,1-2H3. The molecule has 2 N–H and O–H groups in total. The molecule has 1 aromatic carbocycles. The second-order valence-electron chi connectivity index (χ2n) is 4.49. The van der Waals surface area contributed by atoms with Crippen molar-refractivity contribution in [2.75, 3.05) is 0 Å². The van der Waals surface area contributed by atoms with Crippen LogP contribution in [0, 0.1) is 11.2 Å². The number of hydrogen-bond acceptors (Lipinski definition) is 1. The Bertz CT molecular complexity index is 376. The summed E-state index contributed by atoms with van der Waals surface area (Å²) in [5.74, 6) is -0.110. The third kappa shape index (κ3) is 1.33. The molecule has 14 heavy (non-hydrogen) atoms. The Labute approximate surface area is 88.1 Å². The topological polar surface area (TPSA) is 26.0 Å². The van der Waals surface area contributed by atoms with Crippen LogP contribution >= 0.6 is 11.6 Å². The highest BCUT2D eigenvalue weighted by Crippen LogP contribution is 2.57. The predicted octanol–water partition coefficient (Wildman–Crippen LogP) is 2.93. The Morgan fingerprint density at radius 2 is 2.00 bits per heavy atom. The van der Waals surface area contributed by atoms with Crippen molar-refractivity contribution < 1.29 is 4.39 Å². The molecule has 1 aliphatic rings. The maximum Gasteiger partial charge on any atom is 0.126 e. The zero-order valence-electron chi connectivity index (χ0n) is 8.22. The van der Waals surface area contributed by atoms with E-state index in [1.54, 1.807) is 12.1 Å². The van der Waals surface area contributed by atoms with Gasteiger partial charge in [0.1, 0.15) is 5.82 Å². The highest BCUT2D eigenvalue weighted by Gasteiger charge is 2.57. The lowest BCUT2D eigenvalue weighted by atomic mass is 10.0. The van der Waals surface area contributed by atoms with Crippen molar-refractivity contribution in [2.45, 2.75) is 25.8 Å². The summed E-state index contributed by atoms with van der Waals surface area (Å²) in [4.78, 5) is 0. The Balaban J connectivity index is 2.39. The monoisotopic (exact) mass is 213 g/mol. The molecule has 1 aromatic rings. The van der Waals surface area contributed by atoms with Crippen molar-refractivity contribution in [1.82, 2.24) is 0 Å². The lowest BCUT2D eigenvalue weighted by Gasteiger charge is -2.04. The van der Waals surface area contributed by atoms with E-state index in [0.29, 0.717) is 10.6 Å². The number of halogens is 2. The van der Waals surface area contributed by atoms with Crippen LogP contribution in [0.4, 0.5) is 4.39 Å². The van der Waals surface area contributed by atoms with Gasteiger partial charge < -0.3 is 5.73 Å². The first-order valence-corrected chi connectivity index (χ1v) is 5.03. The molecule has 0 bridgehead atoms. The molecule has 0 heterocycles. The molecular formula is C11H13ClFN. The highest BCUT2D eigenvalue weighted by atomic mass is 35.5. The fourth-order valence-electron chi connectivity index (χ4n) is 2.02. The Morgan fingerprint density at radius 3 is 2.50 bits per heavy atom. The third-order valence-electron chi connectivity index (χ3n) is 3.20. The molecule has 0 aliphatic heterocycles. The average Bonchev–Trinajstić information content (AvgIpc) is 2.58. The van der Waals surface area contributed by atoms with E-state index >= 15 is 0 Å². The minimum atomic E-state index is -0.208. The van der Waals surface area contributed by atoms with Gasteiger partial charge in [0, 0.05) is 17.0 Å². The van der Waals surface area contributed by atoms with Crippen molar-refractivity contribution in [1.29, 1.82) is 0 Å². The van der Waals surface area contributed by atoms with Gasteiger partial charge in [-0.3, -0.25) is 0 Å². The van der Waals surface area contributed by atoms with Gasteiger partial charge in [-0.05, 0) is 29.2 Å². The summed E-state index contributed by atoms with van der Waals surface area (Å²) in [5.41, 5.74) is 6.53. The molecule has 0 spiro atoms. The van der Waals surface area contributed by atoms with Crippen LogP contribution in [0.25, 0.3) is 0 Å². The van der Waals surface area contributed by atoms with Gasteiger partial charge in [-0.2, -0.15) is 0 Å². The van der Waals surface area contributed by atoms with Crippen LogP contribution in [0.3, 0.4) is 0 Å². The first-order chi connectivity index (χ1) is 6.44. The van der Waals surface area contributed by atoms with Crippen molar-refractivity contribution in [2.24, 2.45) is 11.1 Å². The molecule has 2 atom stereocenters. The summed E-state index contributed by atoms with van der Waals surface area (Å²) in [7, 11) is 0. The Kier molecular flexibility index (Phi) is 2.09. The fraction of sp³-hybridized carbons (Fsp3) is 0.455. The van der Waals surface area contributed by atoms with Crippen molar-refractivity contribution >= 4 is 11.6 Å². The zero-order chi connectivity index (χ0) is 10.5. The van der Waals surface area contributed by atoms with Crippen molar-refractivity contribution in [3.05, 3.63) is 34.6 Å².